The summed E-state index contributed by atoms with van der Waals surface area (Å²) < 4.78 is 51.4. The Bertz CT molecular complexity index is 2000. The van der Waals surface area contributed by atoms with Gasteiger partial charge in [0.25, 0.3) is 10.1 Å². The molecule has 246 valence electrons. The van der Waals surface area contributed by atoms with E-state index in [9.17, 15) is 32.8 Å². The number of carbonyl (C=O) groups is 2. The summed E-state index contributed by atoms with van der Waals surface area (Å²) >= 11 is 0. The summed E-state index contributed by atoms with van der Waals surface area (Å²) in [5.74, 6) is -2.80. The molecular weight excluding hydrogens is 632 g/mol. The van der Waals surface area contributed by atoms with Crippen molar-refractivity contribution in [1.82, 2.24) is 4.73 Å². The van der Waals surface area contributed by atoms with E-state index in [1.807, 2.05) is 16.7 Å². The first-order chi connectivity index (χ1) is 22.5. The van der Waals surface area contributed by atoms with Crippen LogP contribution in [0.1, 0.15) is 38.3 Å². The van der Waals surface area contributed by atoms with Crippen LogP contribution in [0.3, 0.4) is 0 Å². The maximum atomic E-state index is 14.1. The van der Waals surface area contributed by atoms with E-state index in [1.165, 1.54) is 19.2 Å². The Morgan fingerprint density at radius 2 is 1.49 bits per heavy atom. The fourth-order valence-corrected chi connectivity index (χ4v) is 5.79. The molecular formula is C33H33N2O11S+. The molecule has 2 heterocycles. The fraction of sp³-hybridized carbons (Fsp3) is 0.242. The van der Waals surface area contributed by atoms with Gasteiger partial charge in [-0.2, -0.15) is 13.0 Å². The molecule has 5 aromatic rings. The van der Waals surface area contributed by atoms with Crippen LogP contribution in [0.15, 0.2) is 72.8 Å². The van der Waals surface area contributed by atoms with Crippen molar-refractivity contribution in [3.8, 4) is 17.5 Å². The minimum absolute atomic E-state index is 0.0432. The number of ether oxygens (including phenoxy) is 3. The number of fused-ring (bicyclic) bond motifs is 2. The number of aromatic nitrogens is 2. The van der Waals surface area contributed by atoms with Crippen molar-refractivity contribution in [3.05, 3.63) is 95.1 Å². The molecule has 0 unspecified atom stereocenters. The highest BCUT2D eigenvalue weighted by Gasteiger charge is 2.27. The molecule has 0 radical (unpaired) electrons. The van der Waals surface area contributed by atoms with Crippen LogP contribution in [0.4, 0.5) is 0 Å². The van der Waals surface area contributed by atoms with Crippen molar-refractivity contribution in [2.24, 2.45) is 0 Å². The van der Waals surface area contributed by atoms with Gasteiger partial charge in [-0.15, -0.1) is 4.73 Å². The minimum Gasteiger partial charge on any atom is -0.492 e. The lowest BCUT2D eigenvalue weighted by atomic mass is 10.0. The molecule has 0 amide bonds. The van der Waals surface area contributed by atoms with Gasteiger partial charge in [-0.3, -0.25) is 4.55 Å². The van der Waals surface area contributed by atoms with Gasteiger partial charge in [0.2, 0.25) is 22.8 Å². The van der Waals surface area contributed by atoms with Crippen LogP contribution in [-0.4, -0.2) is 65.9 Å². The van der Waals surface area contributed by atoms with Crippen molar-refractivity contribution >= 4 is 43.9 Å². The van der Waals surface area contributed by atoms with Gasteiger partial charge < -0.3 is 29.3 Å². The first-order valence-corrected chi connectivity index (χ1v) is 16.1. The molecule has 3 aromatic carbocycles. The largest absolute Gasteiger partial charge is 0.492 e. The van der Waals surface area contributed by atoms with E-state index in [0.717, 1.165) is 12.1 Å². The van der Waals surface area contributed by atoms with Gasteiger partial charge in [0.15, 0.2) is 6.54 Å². The maximum Gasteiger partial charge on any atom is 0.363 e. The average Bonchev–Trinajstić information content (AvgIpc) is 3.35. The Balaban J connectivity index is 1.55. The molecule has 0 spiro atoms. The summed E-state index contributed by atoms with van der Waals surface area (Å²) in [5, 5.41) is 20.9. The van der Waals surface area contributed by atoms with Crippen molar-refractivity contribution in [2.75, 3.05) is 26.1 Å². The number of aromatic hydroxyl groups is 2. The highest BCUT2D eigenvalue weighted by atomic mass is 32.2. The number of nitrogens with zero attached hydrogens (tertiary/aromatic N) is 2. The second-order valence-electron chi connectivity index (χ2n) is 10.6. The van der Waals surface area contributed by atoms with Gasteiger partial charge in [0, 0.05) is 43.4 Å². The Morgan fingerprint density at radius 1 is 0.872 bits per heavy atom. The quantitative estimate of drug-likeness (QED) is 0.0417. The van der Waals surface area contributed by atoms with Gasteiger partial charge in [-0.05, 0) is 36.8 Å². The van der Waals surface area contributed by atoms with Crippen molar-refractivity contribution in [1.29, 1.82) is 0 Å². The number of hydrogen-bond donors (Lipinski definition) is 3. The number of carbonyl (C=O) groups excluding carboxylic acids is 2. The molecule has 0 bridgehead atoms. The topological polar surface area (TPSA) is 175 Å². The van der Waals surface area contributed by atoms with Crippen LogP contribution in [0.2, 0.25) is 0 Å². The molecule has 0 aliphatic heterocycles. The van der Waals surface area contributed by atoms with E-state index in [2.05, 4.69) is 0 Å². The molecule has 0 fully saturated rings. The monoisotopic (exact) mass is 665 g/mol. The predicted molar refractivity (Wildman–Crippen MR) is 169 cm³/mol. The van der Waals surface area contributed by atoms with Gasteiger partial charge in [0.05, 0.1) is 47.5 Å². The van der Waals surface area contributed by atoms with E-state index in [-0.39, 0.29) is 43.1 Å². The lowest BCUT2D eigenvalue weighted by Crippen LogP contribution is -2.37. The number of methoxy groups -OCH3 is 1. The van der Waals surface area contributed by atoms with Gasteiger partial charge in [-0.1, -0.05) is 24.3 Å². The van der Waals surface area contributed by atoms with Crippen molar-refractivity contribution in [2.45, 2.75) is 26.5 Å². The second kappa shape index (κ2) is 14.2. The Morgan fingerprint density at radius 3 is 2.09 bits per heavy atom. The number of aryl methyl sites for hydroxylation is 2. The van der Waals surface area contributed by atoms with Gasteiger partial charge in [0.1, 0.15) is 5.75 Å². The van der Waals surface area contributed by atoms with E-state index < -0.39 is 39.6 Å². The summed E-state index contributed by atoms with van der Waals surface area (Å²) in [6.07, 6.45) is 0.144. The summed E-state index contributed by atoms with van der Waals surface area (Å²) in [6.45, 7) is 2.36. The van der Waals surface area contributed by atoms with Crippen LogP contribution >= 0.6 is 0 Å². The van der Waals surface area contributed by atoms with E-state index in [0.29, 0.717) is 44.3 Å². The molecule has 5 rings (SSSR count). The van der Waals surface area contributed by atoms with E-state index in [1.54, 1.807) is 43.3 Å². The third-order valence-corrected chi connectivity index (χ3v) is 8.16. The Hall–Kier alpha value is -5.02. The zero-order valence-corrected chi connectivity index (χ0v) is 26.4. The summed E-state index contributed by atoms with van der Waals surface area (Å²) in [7, 11) is -2.63. The molecule has 14 heteroatoms. The zero-order valence-electron chi connectivity index (χ0n) is 25.6. The highest BCUT2D eigenvalue weighted by Crippen LogP contribution is 2.31. The first-order valence-electron chi connectivity index (χ1n) is 14.5. The average molecular weight is 666 g/mol. The lowest BCUT2D eigenvalue weighted by Gasteiger charge is -2.17. The van der Waals surface area contributed by atoms with Gasteiger partial charge in [-0.25, -0.2) is 9.59 Å². The van der Waals surface area contributed by atoms with Crippen LogP contribution in [-0.2, 0) is 32.7 Å². The predicted octanol–water partition coefficient (Wildman–Crippen LogP) is 3.73. The number of para-hydroxylation sites is 2. The minimum atomic E-state index is -4.16. The zero-order chi connectivity index (χ0) is 33.7. The molecule has 0 aliphatic carbocycles. The molecule has 47 heavy (non-hydrogen) atoms. The van der Waals surface area contributed by atoms with Gasteiger partial charge >= 0.3 is 11.9 Å². The van der Waals surface area contributed by atoms with E-state index >= 15 is 0 Å². The normalized spacial score (nSPS) is 11.6. The molecule has 3 N–H and O–H groups in total. The smallest absolute Gasteiger partial charge is 0.363 e. The lowest BCUT2D eigenvalue weighted by molar-refractivity contribution is -0.645. The second-order valence-corrected chi connectivity index (χ2v) is 12.2. The summed E-state index contributed by atoms with van der Waals surface area (Å²) in [6, 6.07) is 19.5. The number of benzene rings is 3. The standard InChI is InChI=1S/C33H32N2O11S/c1-21-18-22(32(38)46-35-28(36)12-13-29(35)37)19-23(20-44-16-15-43-2)31(21)45-33(39)30-24-8-3-5-10-26(24)34(14-7-17-47(40,41)42)27-11-6-4-9-25(27)30/h3-6,8-13,18-19H,7,14-17,20H2,1-2H3,(H2,39,40,41,42)/p+1. The SMILES string of the molecule is COCCOCc1cc(C(=O)On2c(O)ccc2O)cc(C)c1OC(=O)c1c2ccccc2[n+](CCCS(=O)(=O)O)c2ccccc12. The Labute approximate surface area is 269 Å². The van der Waals surface area contributed by atoms with Crippen molar-refractivity contribution < 1.29 is 56.4 Å². The number of hydrogen-bond acceptors (Lipinski definition) is 10. The first kappa shape index (κ1) is 33.3. The number of esters is 1. The van der Waals surface area contributed by atoms with E-state index in [4.69, 9.17) is 19.0 Å². The van der Waals surface area contributed by atoms with Crippen molar-refractivity contribution in [3.63, 3.8) is 0 Å². The third kappa shape index (κ3) is 7.52. The molecule has 0 atom stereocenters. The summed E-state index contributed by atoms with van der Waals surface area (Å²) in [4.78, 5) is 32.3. The number of rotatable bonds is 13. The van der Waals surface area contributed by atoms with Crippen LogP contribution < -0.4 is 14.1 Å². The number of pyridine rings is 1. The summed E-state index contributed by atoms with van der Waals surface area (Å²) in [5.41, 5.74) is 2.39. The molecule has 0 saturated heterocycles. The molecule has 2 aromatic heterocycles. The van der Waals surface area contributed by atoms with Crippen LogP contribution in [0.5, 0.6) is 17.5 Å². The van der Waals surface area contributed by atoms with Crippen LogP contribution in [0, 0.1) is 6.92 Å². The fourth-order valence-electron chi connectivity index (χ4n) is 5.30. The Kier molecular flexibility index (Phi) is 10.1. The van der Waals surface area contributed by atoms with Crippen LogP contribution in [0.25, 0.3) is 21.8 Å². The maximum absolute atomic E-state index is 14.1. The molecule has 0 aliphatic rings. The molecule has 0 saturated carbocycles. The third-order valence-electron chi connectivity index (χ3n) is 7.36. The highest BCUT2D eigenvalue weighted by molar-refractivity contribution is 7.85. The molecule has 13 nitrogen and oxygen atoms in total.